The SMILES string of the molecule is Cc1ncoc1CC(=O)NCCc1cccs1. The molecule has 2 aromatic rings. The van der Waals surface area contributed by atoms with E-state index in [1.165, 1.54) is 11.3 Å². The van der Waals surface area contributed by atoms with Crippen LogP contribution in [0.3, 0.4) is 0 Å². The van der Waals surface area contributed by atoms with E-state index in [1.54, 1.807) is 11.3 Å². The molecular weight excluding hydrogens is 236 g/mol. The standard InChI is InChI=1S/C12H14N2O2S/c1-9-11(16-8-14-9)7-12(15)13-5-4-10-3-2-6-17-10/h2-3,6,8H,4-5,7H2,1H3,(H,13,15). The third kappa shape index (κ3) is 3.42. The van der Waals surface area contributed by atoms with E-state index in [9.17, 15) is 4.79 Å². The van der Waals surface area contributed by atoms with E-state index in [4.69, 9.17) is 4.42 Å². The number of aryl methyl sites for hydroxylation is 1. The topological polar surface area (TPSA) is 55.1 Å². The van der Waals surface area contributed by atoms with Crippen molar-refractivity contribution in [2.45, 2.75) is 19.8 Å². The molecule has 0 radical (unpaired) electrons. The Kier molecular flexibility index (Phi) is 3.93. The number of carbonyl (C=O) groups excluding carboxylic acids is 1. The van der Waals surface area contributed by atoms with Gasteiger partial charge in [-0.25, -0.2) is 4.98 Å². The summed E-state index contributed by atoms with van der Waals surface area (Å²) in [6, 6.07) is 4.08. The zero-order valence-corrected chi connectivity index (χ0v) is 10.4. The van der Waals surface area contributed by atoms with Gasteiger partial charge in [0.2, 0.25) is 5.91 Å². The maximum atomic E-state index is 11.6. The van der Waals surface area contributed by atoms with Crippen LogP contribution in [-0.4, -0.2) is 17.4 Å². The largest absolute Gasteiger partial charge is 0.448 e. The van der Waals surface area contributed by atoms with Gasteiger partial charge in [0.15, 0.2) is 6.39 Å². The summed E-state index contributed by atoms with van der Waals surface area (Å²) in [5.41, 5.74) is 0.776. The van der Waals surface area contributed by atoms with Gasteiger partial charge >= 0.3 is 0 Å². The van der Waals surface area contributed by atoms with E-state index < -0.39 is 0 Å². The highest BCUT2D eigenvalue weighted by Crippen LogP contribution is 2.08. The zero-order chi connectivity index (χ0) is 12.1. The Balaban J connectivity index is 1.73. The third-order valence-corrected chi connectivity index (χ3v) is 3.38. The molecule has 0 bridgehead atoms. The number of hydrogen-bond donors (Lipinski definition) is 1. The fraction of sp³-hybridized carbons (Fsp3) is 0.333. The zero-order valence-electron chi connectivity index (χ0n) is 9.60. The van der Waals surface area contributed by atoms with Crippen LogP contribution in [0.2, 0.25) is 0 Å². The lowest BCUT2D eigenvalue weighted by Gasteiger charge is -2.02. The molecule has 0 aliphatic rings. The molecule has 1 N–H and O–H groups in total. The first-order valence-corrected chi connectivity index (χ1v) is 6.31. The predicted molar refractivity (Wildman–Crippen MR) is 66.0 cm³/mol. The van der Waals surface area contributed by atoms with Crippen molar-refractivity contribution >= 4 is 17.2 Å². The number of thiophene rings is 1. The number of hydrogen-bond acceptors (Lipinski definition) is 4. The van der Waals surface area contributed by atoms with E-state index in [1.807, 2.05) is 18.4 Å². The molecular formula is C12H14N2O2S. The molecule has 0 saturated heterocycles. The van der Waals surface area contributed by atoms with Crippen molar-refractivity contribution in [3.63, 3.8) is 0 Å². The lowest BCUT2D eigenvalue weighted by atomic mass is 10.2. The number of carbonyl (C=O) groups is 1. The van der Waals surface area contributed by atoms with Gasteiger partial charge in [0.1, 0.15) is 5.76 Å². The Bertz CT molecular complexity index is 476. The average Bonchev–Trinajstić information content (AvgIpc) is 2.92. The molecule has 0 aliphatic carbocycles. The smallest absolute Gasteiger partial charge is 0.227 e. The van der Waals surface area contributed by atoms with E-state index in [0.717, 1.165) is 12.1 Å². The van der Waals surface area contributed by atoms with E-state index in [2.05, 4.69) is 16.4 Å². The summed E-state index contributed by atoms with van der Waals surface area (Å²) in [7, 11) is 0. The highest BCUT2D eigenvalue weighted by molar-refractivity contribution is 7.09. The highest BCUT2D eigenvalue weighted by atomic mass is 32.1. The number of oxazole rings is 1. The normalized spacial score (nSPS) is 10.4. The predicted octanol–water partition coefficient (Wildman–Crippen LogP) is 1.95. The Hall–Kier alpha value is -1.62. The van der Waals surface area contributed by atoms with Gasteiger partial charge < -0.3 is 9.73 Å². The van der Waals surface area contributed by atoms with Crippen molar-refractivity contribution in [3.05, 3.63) is 40.2 Å². The van der Waals surface area contributed by atoms with Gasteiger partial charge in [-0.2, -0.15) is 0 Å². The molecule has 2 rings (SSSR count). The molecule has 0 atom stereocenters. The Labute approximate surface area is 104 Å². The second kappa shape index (κ2) is 5.63. The summed E-state index contributed by atoms with van der Waals surface area (Å²) in [5, 5.41) is 4.90. The van der Waals surface area contributed by atoms with Gasteiger partial charge in [0.05, 0.1) is 12.1 Å². The highest BCUT2D eigenvalue weighted by Gasteiger charge is 2.09. The maximum Gasteiger partial charge on any atom is 0.227 e. The van der Waals surface area contributed by atoms with Gasteiger partial charge in [-0.05, 0) is 24.8 Å². The molecule has 17 heavy (non-hydrogen) atoms. The third-order valence-electron chi connectivity index (χ3n) is 2.44. The van der Waals surface area contributed by atoms with Crippen molar-refractivity contribution in [3.8, 4) is 0 Å². The van der Waals surface area contributed by atoms with Crippen molar-refractivity contribution < 1.29 is 9.21 Å². The van der Waals surface area contributed by atoms with Gasteiger partial charge in [-0.1, -0.05) is 6.07 Å². The van der Waals surface area contributed by atoms with Crippen LogP contribution in [0.15, 0.2) is 28.3 Å². The Morgan fingerprint density at radius 3 is 3.12 bits per heavy atom. The molecule has 0 fully saturated rings. The minimum atomic E-state index is -0.0265. The number of amides is 1. The minimum Gasteiger partial charge on any atom is -0.448 e. The first kappa shape index (κ1) is 11.9. The van der Waals surface area contributed by atoms with Crippen LogP contribution in [0.5, 0.6) is 0 Å². The van der Waals surface area contributed by atoms with Crippen LogP contribution >= 0.6 is 11.3 Å². The fourth-order valence-electron chi connectivity index (χ4n) is 1.48. The quantitative estimate of drug-likeness (QED) is 0.882. The molecule has 2 heterocycles. The Morgan fingerprint density at radius 2 is 2.47 bits per heavy atom. The van der Waals surface area contributed by atoms with Crippen LogP contribution in [0.4, 0.5) is 0 Å². The number of nitrogens with zero attached hydrogens (tertiary/aromatic N) is 1. The van der Waals surface area contributed by atoms with E-state index in [-0.39, 0.29) is 12.3 Å². The number of rotatable bonds is 5. The molecule has 90 valence electrons. The molecule has 1 amide bonds. The van der Waals surface area contributed by atoms with Gasteiger partial charge in [-0.15, -0.1) is 11.3 Å². The van der Waals surface area contributed by atoms with Crippen LogP contribution < -0.4 is 5.32 Å². The summed E-state index contributed by atoms with van der Waals surface area (Å²) in [5.74, 6) is 0.611. The molecule has 0 aliphatic heterocycles. The Morgan fingerprint density at radius 1 is 1.59 bits per heavy atom. The summed E-state index contributed by atoms with van der Waals surface area (Å²) in [6.45, 7) is 2.49. The van der Waals surface area contributed by atoms with Crippen molar-refractivity contribution in [2.75, 3.05) is 6.54 Å². The molecule has 0 saturated carbocycles. The monoisotopic (exact) mass is 250 g/mol. The van der Waals surface area contributed by atoms with Crippen LogP contribution in [0.1, 0.15) is 16.3 Å². The van der Waals surface area contributed by atoms with E-state index >= 15 is 0 Å². The molecule has 0 aromatic carbocycles. The van der Waals surface area contributed by atoms with Gasteiger partial charge in [0.25, 0.3) is 0 Å². The van der Waals surface area contributed by atoms with Crippen molar-refractivity contribution in [2.24, 2.45) is 0 Å². The summed E-state index contributed by atoms with van der Waals surface area (Å²) < 4.78 is 5.12. The molecule has 2 aromatic heterocycles. The molecule has 5 heteroatoms. The first-order chi connectivity index (χ1) is 8.25. The lowest BCUT2D eigenvalue weighted by Crippen LogP contribution is -2.27. The number of nitrogens with one attached hydrogen (secondary N) is 1. The molecule has 4 nitrogen and oxygen atoms in total. The van der Waals surface area contributed by atoms with Gasteiger partial charge in [0, 0.05) is 11.4 Å². The fourth-order valence-corrected chi connectivity index (χ4v) is 2.19. The van der Waals surface area contributed by atoms with Crippen molar-refractivity contribution in [1.82, 2.24) is 10.3 Å². The second-order valence-corrected chi connectivity index (χ2v) is 4.75. The van der Waals surface area contributed by atoms with Crippen LogP contribution in [-0.2, 0) is 17.6 Å². The lowest BCUT2D eigenvalue weighted by molar-refractivity contribution is -0.120. The molecule has 0 unspecified atom stereocenters. The van der Waals surface area contributed by atoms with Crippen molar-refractivity contribution in [1.29, 1.82) is 0 Å². The van der Waals surface area contributed by atoms with Crippen LogP contribution in [0, 0.1) is 6.92 Å². The summed E-state index contributed by atoms with van der Waals surface area (Å²) >= 11 is 1.70. The van der Waals surface area contributed by atoms with E-state index in [0.29, 0.717) is 12.3 Å². The molecule has 0 spiro atoms. The second-order valence-electron chi connectivity index (χ2n) is 3.72. The average molecular weight is 250 g/mol. The maximum absolute atomic E-state index is 11.6. The summed E-state index contributed by atoms with van der Waals surface area (Å²) in [4.78, 5) is 16.8. The minimum absolute atomic E-state index is 0.0265. The first-order valence-electron chi connectivity index (χ1n) is 5.44. The summed E-state index contributed by atoms with van der Waals surface area (Å²) in [6.07, 6.45) is 2.50. The van der Waals surface area contributed by atoms with Gasteiger partial charge in [-0.3, -0.25) is 4.79 Å². The number of aromatic nitrogens is 1. The van der Waals surface area contributed by atoms with Crippen LogP contribution in [0.25, 0.3) is 0 Å².